The molecule has 0 bridgehead atoms. The van der Waals surface area contributed by atoms with Crippen LogP contribution >= 0.6 is 0 Å². The molecule has 0 aromatic carbocycles. The molecule has 0 N–H and O–H groups in total. The van der Waals surface area contributed by atoms with Gasteiger partial charge in [0, 0.05) is 39.3 Å². The highest BCUT2D eigenvalue weighted by molar-refractivity contribution is 4.72. The van der Waals surface area contributed by atoms with Gasteiger partial charge in [-0.1, -0.05) is 78.6 Å². The molecule has 0 amide bonds. The van der Waals surface area contributed by atoms with Gasteiger partial charge in [0.05, 0.1) is 0 Å². The highest BCUT2D eigenvalue weighted by atomic mass is 15.3. The number of unbranched alkanes of at least 4 members (excludes halogenated alkanes) is 9. The van der Waals surface area contributed by atoms with Crippen LogP contribution in [0.2, 0.25) is 0 Å². The lowest BCUT2D eigenvalue weighted by Gasteiger charge is -2.25. The van der Waals surface area contributed by atoms with Crippen LogP contribution in [0, 0.1) is 0 Å². The molecule has 0 atom stereocenters. The van der Waals surface area contributed by atoms with Crippen LogP contribution in [0.5, 0.6) is 0 Å². The van der Waals surface area contributed by atoms with Crippen LogP contribution in [0.25, 0.3) is 0 Å². The van der Waals surface area contributed by atoms with Crippen LogP contribution in [0.1, 0.15) is 97.8 Å². The fourth-order valence-electron chi connectivity index (χ4n) is 4.14. The van der Waals surface area contributed by atoms with Crippen molar-refractivity contribution in [1.29, 1.82) is 0 Å². The summed E-state index contributed by atoms with van der Waals surface area (Å²) in [6.07, 6.45) is 16.6. The number of hydrogen-bond donors (Lipinski definition) is 0. The van der Waals surface area contributed by atoms with Gasteiger partial charge >= 0.3 is 0 Å². The summed E-state index contributed by atoms with van der Waals surface area (Å²) < 4.78 is 0. The van der Waals surface area contributed by atoms with Crippen molar-refractivity contribution in [2.75, 3.05) is 58.9 Å². The van der Waals surface area contributed by atoms with Crippen LogP contribution < -0.4 is 0 Å². The molecule has 0 spiro atoms. The highest BCUT2D eigenvalue weighted by Crippen LogP contribution is 2.08. The predicted octanol–water partition coefficient (Wildman–Crippen LogP) is 5.65. The lowest BCUT2D eigenvalue weighted by Crippen LogP contribution is -2.37. The average Bonchev–Trinajstić information content (AvgIpc) is 2.77. The molecule has 3 nitrogen and oxygen atoms in total. The van der Waals surface area contributed by atoms with Gasteiger partial charge < -0.3 is 14.7 Å². The van der Waals surface area contributed by atoms with E-state index in [1.54, 1.807) is 0 Å². The molecule has 0 aromatic rings. The first-order valence-corrected chi connectivity index (χ1v) is 12.5. The molecule has 1 saturated heterocycles. The first kappa shape index (κ1) is 24.9. The van der Waals surface area contributed by atoms with Gasteiger partial charge in [-0.3, -0.25) is 0 Å². The van der Waals surface area contributed by atoms with Crippen molar-refractivity contribution >= 4 is 0 Å². The third-order valence-electron chi connectivity index (χ3n) is 6.18. The van der Waals surface area contributed by atoms with E-state index in [9.17, 15) is 0 Å². The Hall–Kier alpha value is -0.120. The van der Waals surface area contributed by atoms with Crippen molar-refractivity contribution in [2.24, 2.45) is 0 Å². The van der Waals surface area contributed by atoms with E-state index in [1.165, 1.54) is 136 Å². The zero-order valence-electron chi connectivity index (χ0n) is 19.2. The van der Waals surface area contributed by atoms with E-state index in [4.69, 9.17) is 0 Å². The van der Waals surface area contributed by atoms with Crippen LogP contribution in [-0.2, 0) is 0 Å². The monoisotopic (exact) mass is 381 g/mol. The maximum absolute atomic E-state index is 2.76. The smallest absolute Gasteiger partial charge is 0.0110 e. The van der Waals surface area contributed by atoms with Gasteiger partial charge in [-0.05, 0) is 38.9 Å². The molecule has 0 aromatic heterocycles. The second-order valence-electron chi connectivity index (χ2n) is 8.71. The molecule has 162 valence electrons. The van der Waals surface area contributed by atoms with Gasteiger partial charge in [-0.15, -0.1) is 0 Å². The third kappa shape index (κ3) is 13.7. The molecule has 1 rings (SSSR count). The summed E-state index contributed by atoms with van der Waals surface area (Å²) in [5.41, 5.74) is 0. The quantitative estimate of drug-likeness (QED) is 0.340. The second kappa shape index (κ2) is 17.9. The van der Waals surface area contributed by atoms with Gasteiger partial charge in [-0.25, -0.2) is 0 Å². The standard InChI is InChI=1S/C24H51N3/c1-4-7-10-13-16-25-19-21-26(17-14-11-8-5-2)23-24-27(22-20-25)18-15-12-9-6-3/h4-24H2,1-3H3. The van der Waals surface area contributed by atoms with Gasteiger partial charge in [0.15, 0.2) is 0 Å². The average molecular weight is 382 g/mol. The zero-order valence-corrected chi connectivity index (χ0v) is 19.2. The second-order valence-corrected chi connectivity index (χ2v) is 8.71. The maximum atomic E-state index is 2.76. The van der Waals surface area contributed by atoms with Gasteiger partial charge in [0.1, 0.15) is 0 Å². The van der Waals surface area contributed by atoms with Crippen LogP contribution in [0.15, 0.2) is 0 Å². The summed E-state index contributed by atoms with van der Waals surface area (Å²) >= 11 is 0. The fourth-order valence-corrected chi connectivity index (χ4v) is 4.14. The maximum Gasteiger partial charge on any atom is 0.0110 e. The molecule has 27 heavy (non-hydrogen) atoms. The first-order chi connectivity index (χ1) is 13.3. The van der Waals surface area contributed by atoms with Crippen molar-refractivity contribution in [1.82, 2.24) is 14.7 Å². The largest absolute Gasteiger partial charge is 0.301 e. The molecule has 3 heteroatoms. The molecule has 0 saturated carbocycles. The van der Waals surface area contributed by atoms with Gasteiger partial charge in [0.25, 0.3) is 0 Å². The van der Waals surface area contributed by atoms with Crippen molar-refractivity contribution in [3.63, 3.8) is 0 Å². The van der Waals surface area contributed by atoms with E-state index in [0.717, 1.165) is 0 Å². The summed E-state index contributed by atoms with van der Waals surface area (Å²) in [6.45, 7) is 18.6. The summed E-state index contributed by atoms with van der Waals surface area (Å²) in [4.78, 5) is 8.29. The molecule has 0 unspecified atom stereocenters. The highest BCUT2D eigenvalue weighted by Gasteiger charge is 2.15. The summed E-state index contributed by atoms with van der Waals surface area (Å²) in [6, 6.07) is 0. The Morgan fingerprint density at radius 2 is 0.630 bits per heavy atom. The molecule has 0 radical (unpaired) electrons. The summed E-state index contributed by atoms with van der Waals surface area (Å²) in [5, 5.41) is 0. The summed E-state index contributed by atoms with van der Waals surface area (Å²) in [7, 11) is 0. The van der Waals surface area contributed by atoms with Gasteiger partial charge in [-0.2, -0.15) is 0 Å². The molecular weight excluding hydrogens is 330 g/mol. The van der Waals surface area contributed by atoms with E-state index < -0.39 is 0 Å². The van der Waals surface area contributed by atoms with Crippen LogP contribution in [-0.4, -0.2) is 73.6 Å². The first-order valence-electron chi connectivity index (χ1n) is 12.5. The molecule has 1 heterocycles. The SMILES string of the molecule is CCCCCCN1CCN(CCCCCC)CCN(CCCCCC)CC1. The van der Waals surface area contributed by atoms with Crippen LogP contribution in [0.4, 0.5) is 0 Å². The minimum absolute atomic E-state index is 1.28. The van der Waals surface area contributed by atoms with Crippen LogP contribution in [0.3, 0.4) is 0 Å². The third-order valence-corrected chi connectivity index (χ3v) is 6.18. The minimum Gasteiger partial charge on any atom is -0.301 e. The fraction of sp³-hybridized carbons (Fsp3) is 1.00. The Labute approximate surface area is 171 Å². The van der Waals surface area contributed by atoms with E-state index in [1.807, 2.05) is 0 Å². The topological polar surface area (TPSA) is 9.72 Å². The van der Waals surface area contributed by atoms with E-state index in [0.29, 0.717) is 0 Å². The Kier molecular flexibility index (Phi) is 16.6. The number of rotatable bonds is 15. The Balaban J connectivity index is 2.45. The van der Waals surface area contributed by atoms with Crippen molar-refractivity contribution in [3.8, 4) is 0 Å². The van der Waals surface area contributed by atoms with E-state index in [2.05, 4.69) is 35.5 Å². The predicted molar refractivity (Wildman–Crippen MR) is 122 cm³/mol. The number of nitrogens with zero attached hydrogens (tertiary/aromatic N) is 3. The molecule has 0 aliphatic carbocycles. The number of hydrogen-bond acceptors (Lipinski definition) is 3. The van der Waals surface area contributed by atoms with E-state index in [-0.39, 0.29) is 0 Å². The molecular formula is C24H51N3. The Bertz CT molecular complexity index is 248. The van der Waals surface area contributed by atoms with Crippen molar-refractivity contribution < 1.29 is 0 Å². The van der Waals surface area contributed by atoms with Crippen molar-refractivity contribution in [3.05, 3.63) is 0 Å². The lowest BCUT2D eigenvalue weighted by atomic mass is 10.2. The zero-order chi connectivity index (χ0) is 19.6. The summed E-state index contributed by atoms with van der Waals surface area (Å²) in [5.74, 6) is 0. The molecule has 1 aliphatic heterocycles. The minimum atomic E-state index is 1.28. The molecule has 1 fully saturated rings. The van der Waals surface area contributed by atoms with Crippen molar-refractivity contribution in [2.45, 2.75) is 97.8 Å². The Morgan fingerprint density at radius 1 is 0.370 bits per heavy atom. The Morgan fingerprint density at radius 3 is 0.852 bits per heavy atom. The normalized spacial score (nSPS) is 18.3. The van der Waals surface area contributed by atoms with E-state index >= 15 is 0 Å². The molecule has 1 aliphatic rings. The lowest BCUT2D eigenvalue weighted by molar-refractivity contribution is 0.214. The van der Waals surface area contributed by atoms with Gasteiger partial charge in [0.2, 0.25) is 0 Å².